The normalized spacial score (nSPS) is 13.5. The molecule has 0 N–H and O–H groups in total. The topological polar surface area (TPSA) is 9.86 Å². The van der Waals surface area contributed by atoms with Gasteiger partial charge in [-0.15, -0.1) is 11.3 Å². The molecule has 37 heavy (non-hydrogen) atoms. The van der Waals surface area contributed by atoms with Crippen molar-refractivity contribution in [3.05, 3.63) is 103 Å². The van der Waals surface area contributed by atoms with E-state index in [1.807, 2.05) is 11.3 Å². The van der Waals surface area contributed by atoms with Gasteiger partial charge in [-0.25, -0.2) is 0 Å². The Morgan fingerprint density at radius 1 is 0.676 bits per heavy atom. The number of benzene rings is 5. The zero-order valence-electron chi connectivity index (χ0n) is 20.1. The van der Waals surface area contributed by atoms with E-state index in [4.69, 9.17) is 0 Å². The van der Waals surface area contributed by atoms with E-state index in [2.05, 4.69) is 113 Å². The van der Waals surface area contributed by atoms with Crippen molar-refractivity contribution in [3.63, 3.8) is 0 Å². The predicted molar refractivity (Wildman–Crippen MR) is 160 cm³/mol. The van der Waals surface area contributed by atoms with Crippen molar-refractivity contribution < 1.29 is 0 Å². The molecular formula is C33H19BN2S. The standard InChI is InChI=1S/C33H19BN2S/c1-18-16-24-21-10-6-12-23-29-22-9-3-5-15-28(22)37-33(29)36(31(21)23)34-25-13-7-11-20-19-8-2-4-14-26(19)35(32(20)25)27(17-18)30(24)34/h2-17H,1H3. The summed E-state index contributed by atoms with van der Waals surface area (Å²) in [4.78, 5) is 1.38. The lowest BCUT2D eigenvalue weighted by Crippen LogP contribution is -2.55. The highest BCUT2D eigenvalue weighted by Crippen LogP contribution is 2.47. The minimum Gasteiger partial charge on any atom is -0.367 e. The van der Waals surface area contributed by atoms with Gasteiger partial charge in [0, 0.05) is 48.4 Å². The van der Waals surface area contributed by atoms with Gasteiger partial charge in [0.25, 0.3) is 0 Å². The number of nitrogens with zero attached hydrogens (tertiary/aromatic N) is 2. The average Bonchev–Trinajstić information content (AvgIpc) is 3.57. The van der Waals surface area contributed by atoms with Crippen molar-refractivity contribution in [2.75, 3.05) is 0 Å². The summed E-state index contributed by atoms with van der Waals surface area (Å²) in [5, 5.41) is 6.82. The lowest BCUT2D eigenvalue weighted by Gasteiger charge is -2.34. The van der Waals surface area contributed by atoms with Crippen LogP contribution in [0, 0.1) is 6.92 Å². The van der Waals surface area contributed by atoms with Crippen LogP contribution in [0.5, 0.6) is 0 Å². The fraction of sp³-hybridized carbons (Fsp3) is 0.0303. The molecule has 4 heteroatoms. The van der Waals surface area contributed by atoms with Gasteiger partial charge in [-0.3, -0.25) is 0 Å². The van der Waals surface area contributed by atoms with E-state index in [1.165, 1.54) is 86.3 Å². The van der Waals surface area contributed by atoms with Crippen molar-refractivity contribution >= 4 is 82.1 Å². The highest BCUT2D eigenvalue weighted by Gasteiger charge is 2.41. The Hall–Kier alpha value is -4.28. The van der Waals surface area contributed by atoms with Crippen LogP contribution < -0.4 is 10.9 Å². The third-order valence-corrected chi connectivity index (χ3v) is 9.90. The van der Waals surface area contributed by atoms with Crippen LogP contribution in [-0.2, 0) is 0 Å². The molecule has 170 valence electrons. The summed E-state index contributed by atoms with van der Waals surface area (Å²) < 4.78 is 6.59. The molecule has 2 aliphatic heterocycles. The first-order chi connectivity index (χ1) is 18.3. The molecule has 0 unspecified atom stereocenters. The second kappa shape index (κ2) is 6.16. The molecule has 0 aliphatic carbocycles. The first kappa shape index (κ1) is 18.9. The van der Waals surface area contributed by atoms with E-state index in [9.17, 15) is 0 Å². The Balaban J connectivity index is 1.51. The quantitative estimate of drug-likeness (QED) is 0.198. The van der Waals surface area contributed by atoms with Crippen molar-refractivity contribution in [1.82, 2.24) is 9.05 Å². The van der Waals surface area contributed by atoms with Gasteiger partial charge in [-0.1, -0.05) is 78.9 Å². The van der Waals surface area contributed by atoms with Gasteiger partial charge in [0.05, 0.1) is 15.9 Å². The number of hydrogen-bond acceptors (Lipinski definition) is 1. The molecule has 2 nitrogen and oxygen atoms in total. The van der Waals surface area contributed by atoms with Crippen LogP contribution in [-0.4, -0.2) is 15.9 Å². The van der Waals surface area contributed by atoms with E-state index < -0.39 is 0 Å². The third-order valence-electron chi connectivity index (χ3n) is 8.73. The number of rotatable bonds is 0. The molecule has 0 amide bonds. The zero-order chi connectivity index (χ0) is 24.0. The van der Waals surface area contributed by atoms with E-state index in [-0.39, 0.29) is 6.85 Å². The van der Waals surface area contributed by atoms with E-state index >= 15 is 0 Å². The van der Waals surface area contributed by atoms with Crippen LogP contribution in [0.3, 0.4) is 0 Å². The summed E-state index contributed by atoms with van der Waals surface area (Å²) >= 11 is 1.94. The first-order valence-corrected chi connectivity index (χ1v) is 13.7. The Bertz CT molecular complexity index is 2330. The smallest absolute Gasteiger partial charge is 0.333 e. The number of aryl methyl sites for hydroxylation is 1. The maximum absolute atomic E-state index is 2.68. The molecule has 5 aromatic carbocycles. The van der Waals surface area contributed by atoms with Crippen LogP contribution in [0.4, 0.5) is 0 Å². The Morgan fingerprint density at radius 3 is 2.41 bits per heavy atom. The summed E-state index contributed by atoms with van der Waals surface area (Å²) in [5.74, 6) is 0. The molecule has 0 bridgehead atoms. The molecule has 5 heterocycles. The Labute approximate surface area is 217 Å². The summed E-state index contributed by atoms with van der Waals surface area (Å²) in [6.07, 6.45) is 0. The van der Waals surface area contributed by atoms with Gasteiger partial charge in [-0.05, 0) is 47.2 Å². The van der Waals surface area contributed by atoms with E-state index in [0.29, 0.717) is 0 Å². The predicted octanol–water partition coefficient (Wildman–Crippen LogP) is 7.36. The molecule has 2 aliphatic rings. The van der Waals surface area contributed by atoms with Gasteiger partial charge in [-0.2, -0.15) is 0 Å². The third kappa shape index (κ3) is 2.02. The number of thiophene rings is 1. The van der Waals surface area contributed by atoms with E-state index in [1.54, 1.807) is 0 Å². The minimum absolute atomic E-state index is 0.147. The van der Waals surface area contributed by atoms with Gasteiger partial charge < -0.3 is 9.05 Å². The van der Waals surface area contributed by atoms with Crippen LogP contribution in [0.15, 0.2) is 97.1 Å². The molecule has 8 aromatic rings. The van der Waals surface area contributed by atoms with Gasteiger partial charge >= 0.3 is 6.85 Å². The molecule has 0 atom stereocenters. The van der Waals surface area contributed by atoms with Crippen molar-refractivity contribution in [2.45, 2.75) is 6.92 Å². The van der Waals surface area contributed by atoms with E-state index in [0.717, 1.165) is 0 Å². The summed E-state index contributed by atoms with van der Waals surface area (Å²) in [5.41, 5.74) is 12.2. The van der Waals surface area contributed by atoms with Gasteiger partial charge in [0.15, 0.2) is 0 Å². The highest BCUT2D eigenvalue weighted by atomic mass is 32.1. The monoisotopic (exact) mass is 486 g/mol. The summed E-state index contributed by atoms with van der Waals surface area (Å²) in [6.45, 7) is 2.39. The van der Waals surface area contributed by atoms with Crippen LogP contribution in [0.2, 0.25) is 0 Å². The Morgan fingerprint density at radius 2 is 1.46 bits per heavy atom. The molecule has 10 rings (SSSR count). The molecule has 0 fully saturated rings. The number of hydrogen-bond donors (Lipinski definition) is 0. The lowest BCUT2D eigenvalue weighted by atomic mass is 9.45. The van der Waals surface area contributed by atoms with Crippen molar-refractivity contribution in [1.29, 1.82) is 0 Å². The summed E-state index contributed by atoms with van der Waals surface area (Å²) in [6, 6.07) is 36.5. The molecule has 0 spiro atoms. The van der Waals surface area contributed by atoms with Crippen LogP contribution in [0.25, 0.3) is 69.8 Å². The minimum atomic E-state index is 0.147. The van der Waals surface area contributed by atoms with Crippen LogP contribution >= 0.6 is 11.3 Å². The van der Waals surface area contributed by atoms with Gasteiger partial charge in [0.2, 0.25) is 0 Å². The first-order valence-electron chi connectivity index (χ1n) is 12.9. The molecule has 3 aromatic heterocycles. The molecular weight excluding hydrogens is 467 g/mol. The highest BCUT2D eigenvalue weighted by molar-refractivity contribution is 7.26. The van der Waals surface area contributed by atoms with Crippen molar-refractivity contribution in [3.8, 4) is 16.8 Å². The fourth-order valence-electron chi connectivity index (χ4n) is 7.45. The maximum Gasteiger partial charge on any atom is 0.333 e. The number of fused-ring (bicyclic) bond motifs is 12. The largest absolute Gasteiger partial charge is 0.367 e. The fourth-order valence-corrected chi connectivity index (χ4v) is 8.70. The molecule has 0 saturated heterocycles. The van der Waals surface area contributed by atoms with Crippen LogP contribution in [0.1, 0.15) is 5.56 Å². The lowest BCUT2D eigenvalue weighted by molar-refractivity contribution is 1.17. The molecule has 0 saturated carbocycles. The molecule has 0 radical (unpaired) electrons. The number of aromatic nitrogens is 2. The average molecular weight is 486 g/mol. The SMILES string of the molecule is Cc1cc2c3c(c1)-n1c4ccccc4c4cccc(c41)B3n1c3sc4ccccc4c3c3cccc-2c31. The second-order valence-corrected chi connectivity index (χ2v) is 11.6. The second-order valence-electron chi connectivity index (χ2n) is 10.6. The zero-order valence-corrected chi connectivity index (χ0v) is 20.9. The summed E-state index contributed by atoms with van der Waals surface area (Å²) in [7, 11) is 0. The number of para-hydroxylation sites is 3. The Kier molecular flexibility index (Phi) is 3.15. The maximum atomic E-state index is 2.68. The van der Waals surface area contributed by atoms with Gasteiger partial charge in [0.1, 0.15) is 0 Å². The van der Waals surface area contributed by atoms with Crippen molar-refractivity contribution in [2.24, 2.45) is 0 Å².